The molecule has 0 amide bonds. The second kappa shape index (κ2) is 7.33. The summed E-state index contributed by atoms with van der Waals surface area (Å²) in [6, 6.07) is 1.96. The molecule has 1 aromatic carbocycles. The third-order valence-corrected chi connectivity index (χ3v) is 5.88. The normalized spacial score (nSPS) is 13.4. The molecule has 5 nitrogen and oxygen atoms in total. The fraction of sp³-hybridized carbons (Fsp3) is 0.538. The number of nitrogens with zero attached hydrogens (tertiary/aromatic N) is 1. The van der Waals surface area contributed by atoms with Crippen molar-refractivity contribution in [3.63, 3.8) is 0 Å². The second-order valence-corrected chi connectivity index (χ2v) is 7.66. The molecule has 0 aliphatic rings. The molecule has 0 saturated heterocycles. The van der Waals surface area contributed by atoms with E-state index in [-0.39, 0.29) is 22.4 Å². The van der Waals surface area contributed by atoms with Crippen LogP contribution in [0.15, 0.2) is 17.0 Å². The summed E-state index contributed by atoms with van der Waals surface area (Å²) < 4.78 is 44.8. The zero-order valence-corrected chi connectivity index (χ0v) is 14.2. The number of halogens is 1. The summed E-state index contributed by atoms with van der Waals surface area (Å²) in [4.78, 5) is -0.170. The number of nitrogens with two attached hydrogens (primary N) is 1. The van der Waals surface area contributed by atoms with E-state index in [2.05, 4.69) is 0 Å². The van der Waals surface area contributed by atoms with Crippen molar-refractivity contribution >= 4 is 27.5 Å². The lowest BCUT2D eigenvalue weighted by Crippen LogP contribution is -2.35. The summed E-state index contributed by atoms with van der Waals surface area (Å²) in [5.74, 6) is -0.0894. The van der Waals surface area contributed by atoms with E-state index in [9.17, 15) is 12.8 Å². The Labute approximate surface area is 129 Å². The molecular weight excluding hydrogens is 315 g/mol. The van der Waals surface area contributed by atoms with E-state index in [1.54, 1.807) is 11.8 Å². The fourth-order valence-corrected chi connectivity index (χ4v) is 3.84. The smallest absolute Gasteiger partial charge is 0.243 e. The van der Waals surface area contributed by atoms with Gasteiger partial charge in [-0.15, -0.1) is 0 Å². The van der Waals surface area contributed by atoms with Gasteiger partial charge in [-0.3, -0.25) is 0 Å². The Morgan fingerprint density at radius 2 is 2.10 bits per heavy atom. The third-order valence-electron chi connectivity index (χ3n) is 3.29. The molecule has 0 radical (unpaired) electrons. The fourth-order valence-electron chi connectivity index (χ4n) is 1.83. The standard InChI is InChI=1S/C13H21FN2O3S2/c1-9(5-6-20-4)16(2)21(17,18)10-7-11(14)13(19-3)12(15)8-10/h7-9H,5-6,15H2,1-4H3. The predicted molar refractivity (Wildman–Crippen MR) is 84.8 cm³/mol. The highest BCUT2D eigenvalue weighted by atomic mass is 32.2. The minimum Gasteiger partial charge on any atom is -0.492 e. The highest BCUT2D eigenvalue weighted by molar-refractivity contribution is 7.98. The number of sulfonamides is 1. The monoisotopic (exact) mass is 336 g/mol. The van der Waals surface area contributed by atoms with E-state index in [0.717, 1.165) is 11.8 Å². The Bertz CT molecular complexity index is 570. The summed E-state index contributed by atoms with van der Waals surface area (Å²) >= 11 is 1.65. The molecule has 0 aromatic heterocycles. The van der Waals surface area contributed by atoms with E-state index >= 15 is 0 Å². The molecule has 2 N–H and O–H groups in total. The van der Waals surface area contributed by atoms with Gasteiger partial charge in [0, 0.05) is 13.1 Å². The topological polar surface area (TPSA) is 72.6 Å². The Morgan fingerprint density at radius 3 is 2.57 bits per heavy atom. The van der Waals surface area contributed by atoms with Crippen LogP contribution in [0.4, 0.5) is 10.1 Å². The summed E-state index contributed by atoms with van der Waals surface area (Å²) in [7, 11) is -1.03. The van der Waals surface area contributed by atoms with Gasteiger partial charge in [0.25, 0.3) is 0 Å². The number of hydrogen-bond donors (Lipinski definition) is 1. The number of thioether (sulfide) groups is 1. The zero-order valence-electron chi connectivity index (χ0n) is 12.6. The van der Waals surface area contributed by atoms with Gasteiger partial charge in [0.1, 0.15) is 0 Å². The lowest BCUT2D eigenvalue weighted by molar-refractivity contribution is 0.379. The van der Waals surface area contributed by atoms with Crippen molar-refractivity contribution < 1.29 is 17.5 Å². The Balaban J connectivity index is 3.13. The first kappa shape index (κ1) is 18.1. The van der Waals surface area contributed by atoms with Gasteiger partial charge in [-0.05, 0) is 37.5 Å². The second-order valence-electron chi connectivity index (χ2n) is 4.68. The number of nitrogen functional groups attached to an aromatic ring is 1. The Hall–Kier alpha value is -0.990. The first-order chi connectivity index (χ1) is 9.75. The third kappa shape index (κ3) is 4.02. The van der Waals surface area contributed by atoms with E-state index in [1.807, 2.05) is 13.2 Å². The first-order valence-corrected chi connectivity index (χ1v) is 9.19. The summed E-state index contributed by atoms with van der Waals surface area (Å²) in [5.41, 5.74) is 5.59. The van der Waals surface area contributed by atoms with Crippen molar-refractivity contribution in [2.24, 2.45) is 0 Å². The highest BCUT2D eigenvalue weighted by Gasteiger charge is 2.27. The minimum absolute atomic E-state index is 0.0405. The highest BCUT2D eigenvalue weighted by Crippen LogP contribution is 2.30. The molecule has 1 atom stereocenters. The molecule has 0 aliphatic heterocycles. The molecule has 0 spiro atoms. The minimum atomic E-state index is -3.79. The number of rotatable bonds is 7. The van der Waals surface area contributed by atoms with Crippen LogP contribution in [0.25, 0.3) is 0 Å². The summed E-state index contributed by atoms with van der Waals surface area (Å²) in [5, 5.41) is 0. The average Bonchev–Trinajstić information content (AvgIpc) is 2.43. The molecule has 8 heteroatoms. The molecular formula is C13H21FN2O3S2. The van der Waals surface area contributed by atoms with Crippen molar-refractivity contribution in [1.82, 2.24) is 4.31 Å². The van der Waals surface area contributed by atoms with Gasteiger partial charge in [-0.2, -0.15) is 16.1 Å². The molecule has 120 valence electrons. The van der Waals surface area contributed by atoms with E-state index < -0.39 is 15.8 Å². The van der Waals surface area contributed by atoms with Crippen LogP contribution in [0.1, 0.15) is 13.3 Å². The molecule has 0 bridgehead atoms. The Kier molecular flexibility index (Phi) is 6.30. The number of ether oxygens (including phenoxy) is 1. The summed E-state index contributed by atoms with van der Waals surface area (Å²) in [6.45, 7) is 1.82. The molecule has 1 rings (SSSR count). The van der Waals surface area contributed by atoms with Gasteiger partial charge in [0.05, 0.1) is 17.7 Å². The lowest BCUT2D eigenvalue weighted by Gasteiger charge is -2.24. The molecule has 21 heavy (non-hydrogen) atoms. The van der Waals surface area contributed by atoms with Gasteiger partial charge >= 0.3 is 0 Å². The predicted octanol–water partition coefficient (Wildman–Crippen LogP) is 2.18. The van der Waals surface area contributed by atoms with Crippen LogP contribution in [-0.4, -0.2) is 44.9 Å². The Morgan fingerprint density at radius 1 is 1.48 bits per heavy atom. The molecule has 1 aromatic rings. The van der Waals surface area contributed by atoms with Crippen molar-refractivity contribution in [2.75, 3.05) is 31.9 Å². The maximum atomic E-state index is 13.8. The van der Waals surface area contributed by atoms with Crippen LogP contribution in [0.5, 0.6) is 5.75 Å². The van der Waals surface area contributed by atoms with Crippen molar-refractivity contribution in [3.05, 3.63) is 17.9 Å². The quantitative estimate of drug-likeness (QED) is 0.773. The van der Waals surface area contributed by atoms with E-state index in [0.29, 0.717) is 6.42 Å². The summed E-state index contributed by atoms with van der Waals surface area (Å²) in [6.07, 6.45) is 2.67. The molecule has 0 saturated carbocycles. The van der Waals surface area contributed by atoms with Crippen LogP contribution >= 0.6 is 11.8 Å². The average molecular weight is 336 g/mol. The van der Waals surface area contributed by atoms with Crippen LogP contribution in [-0.2, 0) is 10.0 Å². The van der Waals surface area contributed by atoms with Gasteiger partial charge in [0.15, 0.2) is 11.6 Å². The van der Waals surface area contributed by atoms with Crippen LogP contribution in [0.3, 0.4) is 0 Å². The molecule has 1 unspecified atom stereocenters. The lowest BCUT2D eigenvalue weighted by atomic mass is 10.3. The number of hydrogen-bond acceptors (Lipinski definition) is 5. The molecule has 0 fully saturated rings. The van der Waals surface area contributed by atoms with Gasteiger partial charge in [0.2, 0.25) is 10.0 Å². The number of methoxy groups -OCH3 is 1. The van der Waals surface area contributed by atoms with Gasteiger partial charge in [-0.25, -0.2) is 12.8 Å². The number of anilines is 1. The van der Waals surface area contributed by atoms with Gasteiger partial charge < -0.3 is 10.5 Å². The molecule has 0 aliphatic carbocycles. The van der Waals surface area contributed by atoms with Crippen LogP contribution < -0.4 is 10.5 Å². The van der Waals surface area contributed by atoms with Crippen LogP contribution in [0.2, 0.25) is 0 Å². The van der Waals surface area contributed by atoms with Crippen LogP contribution in [0, 0.1) is 5.82 Å². The SMILES string of the molecule is COc1c(N)cc(S(=O)(=O)N(C)C(C)CCSC)cc1F. The van der Waals surface area contributed by atoms with Crippen molar-refractivity contribution in [1.29, 1.82) is 0 Å². The maximum absolute atomic E-state index is 13.8. The van der Waals surface area contributed by atoms with Gasteiger partial charge in [-0.1, -0.05) is 0 Å². The first-order valence-electron chi connectivity index (χ1n) is 6.35. The molecule has 0 heterocycles. The zero-order chi connectivity index (χ0) is 16.2. The van der Waals surface area contributed by atoms with E-state index in [1.165, 1.54) is 24.5 Å². The van der Waals surface area contributed by atoms with Crippen molar-refractivity contribution in [3.8, 4) is 5.75 Å². The largest absolute Gasteiger partial charge is 0.492 e. The van der Waals surface area contributed by atoms with Crippen molar-refractivity contribution in [2.45, 2.75) is 24.3 Å². The maximum Gasteiger partial charge on any atom is 0.243 e. The number of benzene rings is 1. The van der Waals surface area contributed by atoms with E-state index in [4.69, 9.17) is 10.5 Å².